The standard InChI is InChI=1S/C12H23N3OS/c1-3-10-4-7-15(8-10)9-12(16)14(2)6-5-11(13)17/h10H,3-9H2,1-2H3,(H2,13,17). The van der Waals surface area contributed by atoms with E-state index >= 15 is 0 Å². The maximum Gasteiger partial charge on any atom is 0.236 e. The van der Waals surface area contributed by atoms with Crippen LogP contribution in [0.4, 0.5) is 0 Å². The minimum absolute atomic E-state index is 0.165. The summed E-state index contributed by atoms with van der Waals surface area (Å²) in [5.74, 6) is 0.933. The molecule has 1 aliphatic heterocycles. The fourth-order valence-electron chi connectivity index (χ4n) is 2.10. The molecule has 1 unspecified atom stereocenters. The van der Waals surface area contributed by atoms with Gasteiger partial charge in [0, 0.05) is 26.6 Å². The largest absolute Gasteiger partial charge is 0.393 e. The topological polar surface area (TPSA) is 49.6 Å². The summed E-state index contributed by atoms with van der Waals surface area (Å²) in [5.41, 5.74) is 5.42. The molecule has 2 N–H and O–H groups in total. The lowest BCUT2D eigenvalue weighted by Crippen LogP contribution is -2.38. The van der Waals surface area contributed by atoms with Crippen LogP contribution >= 0.6 is 12.2 Å². The highest BCUT2D eigenvalue weighted by atomic mass is 32.1. The number of nitrogens with two attached hydrogens (primary N) is 1. The summed E-state index contributed by atoms with van der Waals surface area (Å²) in [4.78, 5) is 16.3. The second kappa shape index (κ2) is 6.91. The molecular weight excluding hydrogens is 234 g/mol. The number of hydrogen-bond acceptors (Lipinski definition) is 3. The first-order chi connectivity index (χ1) is 8.02. The van der Waals surface area contributed by atoms with Gasteiger partial charge in [0.1, 0.15) is 0 Å². The number of amides is 1. The number of nitrogens with zero attached hydrogens (tertiary/aromatic N) is 2. The van der Waals surface area contributed by atoms with Gasteiger partial charge in [-0.3, -0.25) is 9.69 Å². The summed E-state index contributed by atoms with van der Waals surface area (Å²) in [6.45, 7) is 5.48. The second-order valence-corrected chi connectivity index (χ2v) is 5.35. The molecule has 17 heavy (non-hydrogen) atoms. The minimum atomic E-state index is 0.165. The SMILES string of the molecule is CCC1CCN(CC(=O)N(C)CCC(N)=S)C1. The third kappa shape index (κ3) is 5.00. The molecule has 0 bridgehead atoms. The van der Waals surface area contributed by atoms with Gasteiger partial charge >= 0.3 is 0 Å². The zero-order valence-corrected chi connectivity index (χ0v) is 11.6. The number of carbonyl (C=O) groups is 1. The van der Waals surface area contributed by atoms with Gasteiger partial charge in [-0.1, -0.05) is 25.6 Å². The van der Waals surface area contributed by atoms with Crippen molar-refractivity contribution in [1.29, 1.82) is 0 Å². The molecule has 1 saturated heterocycles. The lowest BCUT2D eigenvalue weighted by molar-refractivity contribution is -0.130. The van der Waals surface area contributed by atoms with Crippen molar-refractivity contribution >= 4 is 23.1 Å². The first-order valence-corrected chi connectivity index (χ1v) is 6.68. The summed E-state index contributed by atoms with van der Waals surface area (Å²) in [6.07, 6.45) is 3.04. The summed E-state index contributed by atoms with van der Waals surface area (Å²) in [7, 11) is 1.81. The molecule has 1 heterocycles. The van der Waals surface area contributed by atoms with Gasteiger partial charge in [-0.05, 0) is 18.9 Å². The Bertz CT molecular complexity index is 283. The van der Waals surface area contributed by atoms with Crippen LogP contribution < -0.4 is 5.73 Å². The van der Waals surface area contributed by atoms with Gasteiger partial charge in [0.05, 0.1) is 11.5 Å². The fourth-order valence-corrected chi connectivity index (χ4v) is 2.20. The molecule has 98 valence electrons. The van der Waals surface area contributed by atoms with Crippen molar-refractivity contribution in [3.8, 4) is 0 Å². The van der Waals surface area contributed by atoms with E-state index in [1.165, 1.54) is 12.8 Å². The van der Waals surface area contributed by atoms with Gasteiger partial charge in [-0.15, -0.1) is 0 Å². The molecule has 1 fully saturated rings. The molecule has 0 aliphatic carbocycles. The van der Waals surface area contributed by atoms with Crippen molar-refractivity contribution in [2.45, 2.75) is 26.2 Å². The lowest BCUT2D eigenvalue weighted by Gasteiger charge is -2.21. The van der Waals surface area contributed by atoms with Crippen LogP contribution in [0.5, 0.6) is 0 Å². The van der Waals surface area contributed by atoms with E-state index in [0.29, 0.717) is 24.5 Å². The Morgan fingerprint density at radius 1 is 1.59 bits per heavy atom. The highest BCUT2D eigenvalue weighted by Gasteiger charge is 2.23. The van der Waals surface area contributed by atoms with Crippen LogP contribution in [0.2, 0.25) is 0 Å². The average molecular weight is 257 g/mol. The first-order valence-electron chi connectivity index (χ1n) is 6.27. The first kappa shape index (κ1) is 14.4. The Hall–Kier alpha value is -0.680. The molecule has 1 amide bonds. The summed E-state index contributed by atoms with van der Waals surface area (Å²) >= 11 is 4.80. The van der Waals surface area contributed by atoms with E-state index < -0.39 is 0 Å². The number of rotatable bonds is 6. The number of carbonyl (C=O) groups excluding carboxylic acids is 1. The number of hydrogen-bond donors (Lipinski definition) is 1. The van der Waals surface area contributed by atoms with Gasteiger partial charge in [-0.25, -0.2) is 0 Å². The average Bonchev–Trinajstić information content (AvgIpc) is 2.73. The van der Waals surface area contributed by atoms with Crippen LogP contribution in [0.3, 0.4) is 0 Å². The van der Waals surface area contributed by atoms with Crippen molar-refractivity contribution < 1.29 is 4.79 Å². The number of thiocarbonyl (C=S) groups is 1. The zero-order valence-electron chi connectivity index (χ0n) is 10.8. The Balaban J connectivity index is 2.26. The Morgan fingerprint density at radius 3 is 2.82 bits per heavy atom. The normalized spacial score (nSPS) is 20.5. The zero-order chi connectivity index (χ0) is 12.8. The van der Waals surface area contributed by atoms with Crippen molar-refractivity contribution in [3.63, 3.8) is 0 Å². The maximum atomic E-state index is 11.9. The second-order valence-electron chi connectivity index (χ2n) is 4.83. The van der Waals surface area contributed by atoms with Crippen LogP contribution in [0.15, 0.2) is 0 Å². The third-order valence-corrected chi connectivity index (χ3v) is 3.63. The lowest BCUT2D eigenvalue weighted by atomic mass is 10.1. The number of likely N-dealkylation sites (tertiary alicyclic amines) is 1. The molecule has 5 heteroatoms. The Morgan fingerprint density at radius 2 is 2.29 bits per heavy atom. The van der Waals surface area contributed by atoms with Crippen LogP contribution in [0.1, 0.15) is 26.2 Å². The van der Waals surface area contributed by atoms with Crippen LogP contribution in [0, 0.1) is 5.92 Å². The fraction of sp³-hybridized carbons (Fsp3) is 0.833. The summed E-state index contributed by atoms with van der Waals surface area (Å²) < 4.78 is 0. The molecule has 0 aromatic heterocycles. The van der Waals surface area contributed by atoms with Gasteiger partial charge in [0.25, 0.3) is 0 Å². The van der Waals surface area contributed by atoms with E-state index in [0.717, 1.165) is 19.0 Å². The van der Waals surface area contributed by atoms with E-state index in [4.69, 9.17) is 18.0 Å². The van der Waals surface area contributed by atoms with E-state index in [2.05, 4.69) is 11.8 Å². The predicted octanol–water partition coefficient (Wildman–Crippen LogP) is 0.853. The van der Waals surface area contributed by atoms with Crippen molar-refractivity contribution in [2.75, 3.05) is 33.2 Å². The molecule has 0 saturated carbocycles. The minimum Gasteiger partial charge on any atom is -0.393 e. The maximum absolute atomic E-state index is 11.9. The van der Waals surface area contributed by atoms with Crippen LogP contribution in [0.25, 0.3) is 0 Å². The van der Waals surface area contributed by atoms with Crippen molar-refractivity contribution in [1.82, 2.24) is 9.80 Å². The monoisotopic (exact) mass is 257 g/mol. The Labute approximate surface area is 109 Å². The third-order valence-electron chi connectivity index (χ3n) is 3.43. The van der Waals surface area contributed by atoms with Gasteiger partial charge in [0.2, 0.25) is 5.91 Å². The van der Waals surface area contributed by atoms with E-state index in [9.17, 15) is 4.79 Å². The van der Waals surface area contributed by atoms with Gasteiger partial charge in [-0.2, -0.15) is 0 Å². The van der Waals surface area contributed by atoms with Crippen molar-refractivity contribution in [3.05, 3.63) is 0 Å². The molecule has 1 rings (SSSR count). The quantitative estimate of drug-likeness (QED) is 0.717. The highest BCUT2D eigenvalue weighted by Crippen LogP contribution is 2.18. The molecule has 4 nitrogen and oxygen atoms in total. The Kier molecular flexibility index (Phi) is 5.85. The molecule has 0 radical (unpaired) electrons. The van der Waals surface area contributed by atoms with Crippen LogP contribution in [-0.4, -0.2) is 53.9 Å². The van der Waals surface area contributed by atoms with Crippen molar-refractivity contribution in [2.24, 2.45) is 11.7 Å². The molecule has 0 aromatic carbocycles. The van der Waals surface area contributed by atoms with Gasteiger partial charge < -0.3 is 10.6 Å². The summed E-state index contributed by atoms with van der Waals surface area (Å²) in [5, 5.41) is 0. The summed E-state index contributed by atoms with van der Waals surface area (Å²) in [6, 6.07) is 0. The predicted molar refractivity (Wildman–Crippen MR) is 73.9 cm³/mol. The molecule has 1 aliphatic rings. The molecule has 1 atom stereocenters. The highest BCUT2D eigenvalue weighted by molar-refractivity contribution is 7.80. The number of likely N-dealkylation sites (N-methyl/N-ethyl adjacent to an activating group) is 1. The van der Waals surface area contributed by atoms with Crippen LogP contribution in [-0.2, 0) is 4.79 Å². The smallest absolute Gasteiger partial charge is 0.236 e. The van der Waals surface area contributed by atoms with E-state index in [-0.39, 0.29) is 5.91 Å². The molecular formula is C12H23N3OS. The molecule has 0 spiro atoms. The van der Waals surface area contributed by atoms with Gasteiger partial charge in [0.15, 0.2) is 0 Å². The van der Waals surface area contributed by atoms with E-state index in [1.807, 2.05) is 7.05 Å². The molecule has 0 aromatic rings. The van der Waals surface area contributed by atoms with E-state index in [1.54, 1.807) is 4.90 Å².